The largest absolute Gasteiger partial charge is 0.478 e. The number of carbonyl (C=O) groups is 1. The van der Waals surface area contributed by atoms with Crippen molar-refractivity contribution in [2.75, 3.05) is 0 Å². The molecule has 0 atom stereocenters. The molecule has 4 nitrogen and oxygen atoms in total. The van der Waals surface area contributed by atoms with Crippen LogP contribution >= 0.6 is 0 Å². The van der Waals surface area contributed by atoms with E-state index < -0.39 is 29.0 Å². The Balaban J connectivity index is 2.68. The van der Waals surface area contributed by atoms with Gasteiger partial charge in [-0.2, -0.15) is 0 Å². The highest BCUT2D eigenvalue weighted by molar-refractivity contribution is 5.87. The van der Waals surface area contributed by atoms with Crippen LogP contribution in [-0.2, 0) is 0 Å². The number of nitrogens with zero attached hydrogens (tertiary/aromatic N) is 1. The van der Waals surface area contributed by atoms with Gasteiger partial charge in [0.05, 0.1) is 11.3 Å². The van der Waals surface area contributed by atoms with Crippen LogP contribution in [0.15, 0.2) is 35.3 Å². The van der Waals surface area contributed by atoms with Gasteiger partial charge in [-0.25, -0.2) is 18.0 Å². The minimum absolute atomic E-state index is 0.246. The number of aromatic nitrogens is 1. The van der Waals surface area contributed by atoms with Crippen LogP contribution in [0.5, 0.6) is 0 Å². The molecule has 0 radical (unpaired) electrons. The number of halogens is 3. The van der Waals surface area contributed by atoms with Crippen LogP contribution in [0.2, 0.25) is 0 Å². The maximum absolute atomic E-state index is 13.1. The molecule has 0 saturated heterocycles. The molecule has 0 aliphatic heterocycles. The summed E-state index contributed by atoms with van der Waals surface area (Å²) in [5.74, 6) is -5.91. The zero-order valence-corrected chi connectivity index (χ0v) is 9.23. The van der Waals surface area contributed by atoms with Crippen molar-refractivity contribution in [3.8, 4) is 5.69 Å². The third kappa shape index (κ3) is 2.35. The monoisotopic (exact) mass is 269 g/mol. The highest BCUT2D eigenvalue weighted by atomic mass is 19.2. The number of rotatable bonds is 2. The van der Waals surface area contributed by atoms with Crippen LogP contribution in [-0.4, -0.2) is 15.6 Å². The molecular weight excluding hydrogens is 263 g/mol. The number of hydrogen-bond donors (Lipinski definition) is 1. The Morgan fingerprint density at radius 2 is 1.68 bits per heavy atom. The first-order chi connectivity index (χ1) is 8.90. The van der Waals surface area contributed by atoms with Gasteiger partial charge in [-0.05, 0) is 6.07 Å². The predicted molar refractivity (Wildman–Crippen MR) is 58.9 cm³/mol. The van der Waals surface area contributed by atoms with E-state index in [1.54, 1.807) is 0 Å². The van der Waals surface area contributed by atoms with Gasteiger partial charge < -0.3 is 5.11 Å². The SMILES string of the molecule is O=C(O)c1ccc(=O)n(-c2cc(F)c(F)c(F)c2)c1. The molecule has 0 fully saturated rings. The Morgan fingerprint density at radius 3 is 2.21 bits per heavy atom. The van der Waals surface area contributed by atoms with Crippen LogP contribution in [0, 0.1) is 17.5 Å². The zero-order valence-electron chi connectivity index (χ0n) is 9.23. The smallest absolute Gasteiger partial charge is 0.337 e. The molecule has 0 amide bonds. The van der Waals surface area contributed by atoms with Crippen molar-refractivity contribution in [3.05, 3.63) is 63.8 Å². The van der Waals surface area contributed by atoms with Crippen molar-refractivity contribution in [1.29, 1.82) is 0 Å². The number of carboxylic acid groups (broad SMARTS) is 1. The lowest BCUT2D eigenvalue weighted by molar-refractivity contribution is 0.0696. The molecule has 19 heavy (non-hydrogen) atoms. The normalized spacial score (nSPS) is 10.5. The molecule has 2 aromatic rings. The van der Waals surface area contributed by atoms with Gasteiger partial charge in [0.1, 0.15) is 0 Å². The van der Waals surface area contributed by atoms with Crippen LogP contribution in [0.1, 0.15) is 10.4 Å². The first-order valence-electron chi connectivity index (χ1n) is 5.01. The summed E-state index contributed by atoms with van der Waals surface area (Å²) in [4.78, 5) is 22.3. The maximum Gasteiger partial charge on any atom is 0.337 e. The molecular formula is C12H6F3NO3. The van der Waals surface area contributed by atoms with Gasteiger partial charge in [0.2, 0.25) is 0 Å². The lowest BCUT2D eigenvalue weighted by Gasteiger charge is -2.07. The van der Waals surface area contributed by atoms with E-state index in [-0.39, 0.29) is 11.3 Å². The number of hydrogen-bond acceptors (Lipinski definition) is 2. The quantitative estimate of drug-likeness (QED) is 0.848. The molecule has 1 N–H and O–H groups in total. The summed E-state index contributed by atoms with van der Waals surface area (Å²) in [6.07, 6.45) is 0.900. The molecule has 1 aromatic carbocycles. The van der Waals surface area contributed by atoms with Crippen molar-refractivity contribution in [1.82, 2.24) is 4.57 Å². The molecule has 0 saturated carbocycles. The van der Waals surface area contributed by atoms with Gasteiger partial charge in [-0.15, -0.1) is 0 Å². The fourth-order valence-electron chi connectivity index (χ4n) is 1.50. The van der Waals surface area contributed by atoms with E-state index in [1.807, 2.05) is 0 Å². The van der Waals surface area contributed by atoms with E-state index in [2.05, 4.69) is 0 Å². The second-order valence-corrected chi connectivity index (χ2v) is 3.65. The number of carboxylic acids is 1. The van der Waals surface area contributed by atoms with E-state index in [4.69, 9.17) is 5.11 Å². The van der Waals surface area contributed by atoms with Gasteiger partial charge in [-0.3, -0.25) is 9.36 Å². The minimum atomic E-state index is -1.66. The summed E-state index contributed by atoms with van der Waals surface area (Å²) in [6, 6.07) is 3.19. The summed E-state index contributed by atoms with van der Waals surface area (Å²) in [5.41, 5.74) is -1.25. The van der Waals surface area contributed by atoms with Crippen LogP contribution in [0.4, 0.5) is 13.2 Å². The summed E-state index contributed by atoms with van der Waals surface area (Å²) < 4.78 is 39.7. The topological polar surface area (TPSA) is 59.3 Å². The van der Waals surface area contributed by atoms with Crippen molar-refractivity contribution in [2.45, 2.75) is 0 Å². The van der Waals surface area contributed by atoms with Crippen LogP contribution in [0.3, 0.4) is 0 Å². The Kier molecular flexibility index (Phi) is 3.12. The number of pyridine rings is 1. The summed E-state index contributed by atoms with van der Waals surface area (Å²) >= 11 is 0. The molecule has 1 aromatic heterocycles. The molecule has 1 heterocycles. The Labute approximate surface area is 104 Å². The van der Waals surface area contributed by atoms with Gasteiger partial charge >= 0.3 is 5.97 Å². The molecule has 0 unspecified atom stereocenters. The van der Waals surface area contributed by atoms with E-state index in [0.29, 0.717) is 12.1 Å². The molecule has 98 valence electrons. The molecule has 0 spiro atoms. The maximum atomic E-state index is 13.1. The van der Waals surface area contributed by atoms with E-state index in [9.17, 15) is 22.8 Å². The van der Waals surface area contributed by atoms with E-state index in [0.717, 1.165) is 22.9 Å². The first kappa shape index (κ1) is 12.9. The molecule has 0 aliphatic rings. The fourth-order valence-corrected chi connectivity index (χ4v) is 1.50. The Morgan fingerprint density at radius 1 is 1.11 bits per heavy atom. The second-order valence-electron chi connectivity index (χ2n) is 3.65. The summed E-state index contributed by atoms with van der Waals surface area (Å²) in [7, 11) is 0. The fraction of sp³-hybridized carbons (Fsp3) is 0. The van der Waals surface area contributed by atoms with Crippen LogP contribution < -0.4 is 5.56 Å². The average Bonchev–Trinajstić information content (AvgIpc) is 2.35. The lowest BCUT2D eigenvalue weighted by atomic mass is 10.2. The van der Waals surface area contributed by atoms with Gasteiger partial charge in [0.15, 0.2) is 17.5 Å². The van der Waals surface area contributed by atoms with Crippen molar-refractivity contribution in [2.24, 2.45) is 0 Å². The molecule has 2 rings (SSSR count). The van der Waals surface area contributed by atoms with Crippen molar-refractivity contribution >= 4 is 5.97 Å². The average molecular weight is 269 g/mol. The third-order valence-corrected chi connectivity index (χ3v) is 2.40. The van der Waals surface area contributed by atoms with E-state index in [1.165, 1.54) is 0 Å². The van der Waals surface area contributed by atoms with E-state index >= 15 is 0 Å². The van der Waals surface area contributed by atoms with Crippen LogP contribution in [0.25, 0.3) is 5.69 Å². The van der Waals surface area contributed by atoms with Crippen molar-refractivity contribution in [3.63, 3.8) is 0 Å². The lowest BCUT2D eigenvalue weighted by Crippen LogP contribution is -2.19. The number of benzene rings is 1. The third-order valence-electron chi connectivity index (χ3n) is 2.40. The first-order valence-corrected chi connectivity index (χ1v) is 5.01. The molecule has 0 bridgehead atoms. The van der Waals surface area contributed by atoms with Crippen molar-refractivity contribution < 1.29 is 23.1 Å². The van der Waals surface area contributed by atoms with Gasteiger partial charge in [0.25, 0.3) is 5.56 Å². The summed E-state index contributed by atoms with van der Waals surface area (Å²) in [6.45, 7) is 0. The summed E-state index contributed by atoms with van der Waals surface area (Å²) in [5, 5.41) is 8.78. The standard InChI is InChI=1S/C12H6F3NO3/c13-8-3-7(4-9(14)11(8)15)16-5-6(12(18)19)1-2-10(16)17/h1-5H,(H,18,19). The second kappa shape index (κ2) is 4.60. The highest BCUT2D eigenvalue weighted by Crippen LogP contribution is 2.16. The molecule has 7 heteroatoms. The van der Waals surface area contributed by atoms with Gasteiger partial charge in [-0.1, -0.05) is 0 Å². The predicted octanol–water partition coefficient (Wildman–Crippen LogP) is 1.95. The zero-order chi connectivity index (χ0) is 14.2. The minimum Gasteiger partial charge on any atom is -0.478 e. The Bertz CT molecular complexity index is 701. The Hall–Kier alpha value is -2.57. The molecule has 0 aliphatic carbocycles. The van der Waals surface area contributed by atoms with Gasteiger partial charge in [0, 0.05) is 24.4 Å². The highest BCUT2D eigenvalue weighted by Gasteiger charge is 2.13. The number of aromatic carboxylic acids is 1.